The number of carbonyl (C=O) groups is 1. The molecule has 0 saturated heterocycles. The number of hydrogen-bond acceptors (Lipinski definition) is 3. The van der Waals surface area contributed by atoms with Gasteiger partial charge in [-0.1, -0.05) is 6.58 Å². The van der Waals surface area contributed by atoms with Crippen molar-refractivity contribution in [3.05, 3.63) is 12.7 Å². The first-order valence-corrected chi connectivity index (χ1v) is 3.53. The summed E-state index contributed by atoms with van der Waals surface area (Å²) in [6, 6.07) is 0. The second-order valence-electron chi connectivity index (χ2n) is 1.97. The highest BCUT2D eigenvalue weighted by Gasteiger charge is 1.90. The quantitative estimate of drug-likeness (QED) is 0.338. The van der Waals surface area contributed by atoms with Gasteiger partial charge in [0.2, 0.25) is 5.91 Å². The smallest absolute Gasteiger partial charge is 0.243 e. The Balaban J connectivity index is 3.01. The fourth-order valence-corrected chi connectivity index (χ4v) is 0.550. The first kappa shape index (κ1) is 10.1. The van der Waals surface area contributed by atoms with Crippen LogP contribution in [0.5, 0.6) is 0 Å². The molecule has 0 bridgehead atoms. The van der Waals surface area contributed by atoms with E-state index in [0.717, 1.165) is 0 Å². The molecule has 0 spiro atoms. The fraction of sp³-hybridized carbons (Fsp3) is 0.571. The van der Waals surface area contributed by atoms with Gasteiger partial charge in [-0.05, 0) is 6.08 Å². The predicted molar refractivity (Wildman–Crippen MR) is 43.2 cm³/mol. The van der Waals surface area contributed by atoms with Gasteiger partial charge in [-0.25, -0.2) is 0 Å². The van der Waals surface area contributed by atoms with E-state index in [2.05, 4.69) is 17.2 Å². The molecule has 0 unspecified atom stereocenters. The second-order valence-corrected chi connectivity index (χ2v) is 1.97. The average molecular weight is 158 g/mol. The van der Waals surface area contributed by atoms with Crippen molar-refractivity contribution in [2.75, 3.05) is 26.2 Å². The van der Waals surface area contributed by atoms with Crippen LogP contribution >= 0.6 is 0 Å². The van der Waals surface area contributed by atoms with Gasteiger partial charge in [0.1, 0.15) is 0 Å². The van der Waals surface area contributed by atoms with E-state index in [1.54, 1.807) is 0 Å². The molecule has 0 radical (unpaired) electrons. The van der Waals surface area contributed by atoms with Crippen LogP contribution in [0.25, 0.3) is 0 Å². The van der Waals surface area contributed by atoms with E-state index >= 15 is 0 Å². The molecule has 1 amide bonds. The van der Waals surface area contributed by atoms with Crippen LogP contribution < -0.4 is 10.6 Å². The molecule has 0 saturated carbocycles. The van der Waals surface area contributed by atoms with E-state index in [9.17, 15) is 4.79 Å². The van der Waals surface area contributed by atoms with Crippen LogP contribution in [0.3, 0.4) is 0 Å². The molecule has 0 aromatic rings. The molecule has 0 aliphatic carbocycles. The topological polar surface area (TPSA) is 61.4 Å². The first-order valence-electron chi connectivity index (χ1n) is 3.53. The summed E-state index contributed by atoms with van der Waals surface area (Å²) >= 11 is 0. The highest BCUT2D eigenvalue weighted by molar-refractivity contribution is 5.86. The minimum absolute atomic E-state index is 0.120. The van der Waals surface area contributed by atoms with Crippen LogP contribution in [0, 0.1) is 0 Å². The summed E-state index contributed by atoms with van der Waals surface area (Å²) in [7, 11) is 0. The maximum Gasteiger partial charge on any atom is 0.243 e. The van der Waals surface area contributed by atoms with Gasteiger partial charge < -0.3 is 15.7 Å². The number of rotatable bonds is 6. The van der Waals surface area contributed by atoms with Crippen molar-refractivity contribution < 1.29 is 9.90 Å². The van der Waals surface area contributed by atoms with Gasteiger partial charge in [0.05, 0.1) is 6.61 Å². The SMILES string of the molecule is C=CC(=O)NCCNCCO. The molecule has 0 heterocycles. The predicted octanol–water partition coefficient (Wildman–Crippen LogP) is -1.13. The third-order valence-electron chi connectivity index (χ3n) is 1.07. The van der Waals surface area contributed by atoms with E-state index < -0.39 is 0 Å². The summed E-state index contributed by atoms with van der Waals surface area (Å²) in [6.07, 6.45) is 1.23. The van der Waals surface area contributed by atoms with Crippen LogP contribution in [0.4, 0.5) is 0 Å². The monoisotopic (exact) mass is 158 g/mol. The van der Waals surface area contributed by atoms with Crippen LogP contribution in [0.1, 0.15) is 0 Å². The molecule has 0 aliphatic rings. The van der Waals surface area contributed by atoms with Crippen molar-refractivity contribution in [2.45, 2.75) is 0 Å². The maximum absolute atomic E-state index is 10.5. The lowest BCUT2D eigenvalue weighted by molar-refractivity contribution is -0.116. The van der Waals surface area contributed by atoms with Gasteiger partial charge in [0, 0.05) is 19.6 Å². The normalized spacial score (nSPS) is 9.18. The molecule has 0 aromatic heterocycles. The van der Waals surface area contributed by atoms with E-state index in [1.165, 1.54) is 6.08 Å². The average Bonchev–Trinajstić information content (AvgIpc) is 2.04. The molecule has 0 fully saturated rings. The van der Waals surface area contributed by atoms with E-state index in [4.69, 9.17) is 5.11 Å². The van der Waals surface area contributed by atoms with Gasteiger partial charge >= 0.3 is 0 Å². The van der Waals surface area contributed by atoms with Crippen molar-refractivity contribution >= 4 is 5.91 Å². The van der Waals surface area contributed by atoms with Gasteiger partial charge in [-0.15, -0.1) is 0 Å². The van der Waals surface area contributed by atoms with Crippen molar-refractivity contribution in [3.63, 3.8) is 0 Å². The number of aliphatic hydroxyl groups is 1. The molecule has 0 aliphatic heterocycles. The van der Waals surface area contributed by atoms with Crippen molar-refractivity contribution in [1.82, 2.24) is 10.6 Å². The Morgan fingerprint density at radius 1 is 1.45 bits per heavy atom. The van der Waals surface area contributed by atoms with Gasteiger partial charge in [0.25, 0.3) is 0 Å². The second kappa shape index (κ2) is 7.24. The molecule has 64 valence electrons. The fourth-order valence-electron chi connectivity index (χ4n) is 0.550. The summed E-state index contributed by atoms with van der Waals surface area (Å²) in [5.41, 5.74) is 0. The number of hydrogen-bond donors (Lipinski definition) is 3. The Hall–Kier alpha value is -0.870. The zero-order valence-electron chi connectivity index (χ0n) is 6.47. The molecule has 0 aromatic carbocycles. The van der Waals surface area contributed by atoms with E-state index in [1.807, 2.05) is 0 Å². The highest BCUT2D eigenvalue weighted by atomic mass is 16.3. The lowest BCUT2D eigenvalue weighted by Crippen LogP contribution is -2.31. The molecule has 4 nitrogen and oxygen atoms in total. The molecule has 3 N–H and O–H groups in total. The number of nitrogens with one attached hydrogen (secondary N) is 2. The van der Waals surface area contributed by atoms with Gasteiger partial charge in [0.15, 0.2) is 0 Å². The third-order valence-corrected chi connectivity index (χ3v) is 1.07. The largest absolute Gasteiger partial charge is 0.395 e. The first-order chi connectivity index (χ1) is 5.31. The molecule has 4 heteroatoms. The summed E-state index contributed by atoms with van der Waals surface area (Å²) in [4.78, 5) is 10.5. The molecule has 11 heavy (non-hydrogen) atoms. The Kier molecular flexibility index (Phi) is 6.67. The number of carbonyl (C=O) groups excluding carboxylic acids is 1. The van der Waals surface area contributed by atoms with Crippen molar-refractivity contribution in [3.8, 4) is 0 Å². The summed E-state index contributed by atoms with van der Waals surface area (Å²) < 4.78 is 0. The number of amides is 1. The van der Waals surface area contributed by atoms with Crippen molar-refractivity contribution in [2.24, 2.45) is 0 Å². The zero-order valence-corrected chi connectivity index (χ0v) is 6.47. The van der Waals surface area contributed by atoms with Gasteiger partial charge in [-0.2, -0.15) is 0 Å². The Morgan fingerprint density at radius 3 is 2.73 bits per heavy atom. The molecule has 0 rings (SSSR count). The van der Waals surface area contributed by atoms with Crippen LogP contribution in [-0.4, -0.2) is 37.3 Å². The minimum atomic E-state index is -0.171. The van der Waals surface area contributed by atoms with Crippen LogP contribution in [-0.2, 0) is 4.79 Å². The van der Waals surface area contributed by atoms with Crippen molar-refractivity contribution in [1.29, 1.82) is 0 Å². The molecular weight excluding hydrogens is 144 g/mol. The lowest BCUT2D eigenvalue weighted by Gasteiger charge is -2.02. The Morgan fingerprint density at radius 2 is 2.18 bits per heavy atom. The molecular formula is C7H14N2O2. The van der Waals surface area contributed by atoms with Gasteiger partial charge in [-0.3, -0.25) is 4.79 Å². The van der Waals surface area contributed by atoms with E-state index in [0.29, 0.717) is 19.6 Å². The number of aliphatic hydroxyl groups excluding tert-OH is 1. The zero-order chi connectivity index (χ0) is 8.53. The summed E-state index contributed by atoms with van der Waals surface area (Å²) in [6.45, 7) is 5.21. The lowest BCUT2D eigenvalue weighted by atomic mass is 10.5. The minimum Gasteiger partial charge on any atom is -0.395 e. The Bertz CT molecular complexity index is 126. The molecule has 0 atom stereocenters. The summed E-state index contributed by atoms with van der Waals surface area (Å²) in [5.74, 6) is -0.171. The third kappa shape index (κ3) is 7.02. The highest BCUT2D eigenvalue weighted by Crippen LogP contribution is 1.64. The van der Waals surface area contributed by atoms with E-state index in [-0.39, 0.29) is 12.5 Å². The Labute approximate surface area is 66.3 Å². The maximum atomic E-state index is 10.5. The summed E-state index contributed by atoms with van der Waals surface area (Å²) in [5, 5.41) is 13.9. The van der Waals surface area contributed by atoms with Crippen LogP contribution in [0.15, 0.2) is 12.7 Å². The standard InChI is InChI=1S/C7H14N2O2/c1-2-7(11)9-4-3-8-5-6-10/h2,8,10H,1,3-6H2,(H,9,11). The van der Waals surface area contributed by atoms with Crippen LogP contribution in [0.2, 0.25) is 0 Å².